The number of rotatable bonds is 2. The van der Waals surface area contributed by atoms with Crippen molar-refractivity contribution in [3.63, 3.8) is 0 Å². The number of fused-ring (bicyclic) bond motifs is 3. The summed E-state index contributed by atoms with van der Waals surface area (Å²) < 4.78 is 5.76. The number of carbonyl (C=O) groups excluding carboxylic acids is 1. The molecule has 5 heteroatoms. The number of phenols is 1. The number of ether oxygens (including phenoxy) is 1. The Morgan fingerprint density at radius 3 is 2.86 bits per heavy atom. The molecule has 0 amide bonds. The zero-order valence-electron chi connectivity index (χ0n) is 11.5. The summed E-state index contributed by atoms with van der Waals surface area (Å²) in [6.07, 6.45) is 3.62. The molecule has 0 fully saturated rings. The molecule has 3 rings (SSSR count). The Morgan fingerprint density at radius 2 is 2.14 bits per heavy atom. The topological polar surface area (TPSA) is 66.8 Å². The maximum Gasteiger partial charge on any atom is 0.191 e. The largest absolute Gasteiger partial charge is 0.507 e. The summed E-state index contributed by atoms with van der Waals surface area (Å²) in [5.41, 5.74) is 0.0223. The van der Waals surface area contributed by atoms with Gasteiger partial charge < -0.3 is 14.9 Å². The van der Waals surface area contributed by atoms with Gasteiger partial charge in [-0.2, -0.15) is 0 Å². The molecule has 1 aliphatic heterocycles. The predicted octanol–water partition coefficient (Wildman–Crippen LogP) is 2.01. The van der Waals surface area contributed by atoms with Gasteiger partial charge in [-0.1, -0.05) is 24.3 Å². The first kappa shape index (κ1) is 13.7. The van der Waals surface area contributed by atoms with Gasteiger partial charge in [-0.3, -0.25) is 4.79 Å². The monoisotopic (exact) mass is 280 g/mol. The van der Waals surface area contributed by atoms with Gasteiger partial charge in [0, 0.05) is 10.9 Å². The number of phenolic OH excluding ortho intramolecular Hbond substituents is 1. The molecule has 0 saturated heterocycles. The normalized spacial score (nSPS) is 20.1. The van der Waals surface area contributed by atoms with Crippen molar-refractivity contribution >= 4 is 30.5 Å². The molecule has 1 aliphatic rings. The minimum atomic E-state index is -0.920. The van der Waals surface area contributed by atoms with Gasteiger partial charge in [0.05, 0.1) is 11.1 Å². The highest BCUT2D eigenvalue weighted by Crippen LogP contribution is 2.39. The van der Waals surface area contributed by atoms with Crippen LogP contribution < -0.4 is 4.74 Å². The smallest absolute Gasteiger partial charge is 0.191 e. The van der Waals surface area contributed by atoms with Crippen LogP contribution in [-0.2, 0) is 0 Å². The number of benzene rings is 2. The summed E-state index contributed by atoms with van der Waals surface area (Å²) in [7, 11) is 5.96. The van der Waals surface area contributed by atoms with E-state index in [4.69, 9.17) is 17.7 Å². The number of aromatic hydroxyl groups is 1. The van der Waals surface area contributed by atoms with Crippen LogP contribution in [0.3, 0.4) is 0 Å². The highest BCUT2D eigenvalue weighted by molar-refractivity contribution is 6.17. The number of carbonyl (C=O) groups is 1. The molecule has 0 aliphatic carbocycles. The van der Waals surface area contributed by atoms with Crippen LogP contribution in [0.2, 0.25) is 0 Å². The van der Waals surface area contributed by atoms with Crippen molar-refractivity contribution in [1.82, 2.24) is 0 Å². The number of hydrogen-bond donors (Lipinski definition) is 2. The number of hydrogen-bond acceptors (Lipinski definition) is 4. The predicted molar refractivity (Wildman–Crippen MR) is 80.9 cm³/mol. The second-order valence-electron chi connectivity index (χ2n) is 5.27. The maximum atomic E-state index is 11.6. The lowest BCUT2D eigenvalue weighted by molar-refractivity contribution is 0.0901. The molecule has 2 aromatic carbocycles. The molecule has 1 heterocycles. The summed E-state index contributed by atoms with van der Waals surface area (Å²) >= 11 is 0. The Labute approximate surface area is 123 Å². The summed E-state index contributed by atoms with van der Waals surface area (Å²) in [5, 5.41) is 20.3. The zero-order chi connectivity index (χ0) is 15.2. The van der Waals surface area contributed by atoms with E-state index < -0.39 is 17.9 Å². The maximum absolute atomic E-state index is 11.6. The Kier molecular flexibility index (Phi) is 3.03. The minimum absolute atomic E-state index is 0.0896. The van der Waals surface area contributed by atoms with Crippen molar-refractivity contribution in [3.05, 3.63) is 41.5 Å². The van der Waals surface area contributed by atoms with Crippen LogP contribution in [0, 0.1) is 0 Å². The Morgan fingerprint density at radius 1 is 1.38 bits per heavy atom. The van der Waals surface area contributed by atoms with Crippen molar-refractivity contribution in [1.29, 1.82) is 0 Å². The summed E-state index contributed by atoms with van der Waals surface area (Å²) in [6, 6.07) is 6.69. The van der Waals surface area contributed by atoms with E-state index in [2.05, 4.69) is 0 Å². The molecule has 4 nitrogen and oxygen atoms in total. The SMILES string of the molecule is [B]C1(C)C=Cc2ccc3cc(C(=O)CO)c(O)cc3c2O1. The van der Waals surface area contributed by atoms with Crippen molar-refractivity contribution in [2.45, 2.75) is 12.4 Å². The fraction of sp³-hybridized carbons (Fsp3) is 0.188. The number of aliphatic hydroxyl groups excluding tert-OH is 1. The molecule has 21 heavy (non-hydrogen) atoms. The zero-order valence-corrected chi connectivity index (χ0v) is 11.5. The van der Waals surface area contributed by atoms with E-state index in [1.54, 1.807) is 19.1 Å². The average molecular weight is 280 g/mol. The average Bonchev–Trinajstić information content (AvgIpc) is 2.45. The highest BCUT2D eigenvalue weighted by Gasteiger charge is 2.23. The van der Waals surface area contributed by atoms with E-state index in [0.717, 1.165) is 10.9 Å². The van der Waals surface area contributed by atoms with Gasteiger partial charge in [-0.25, -0.2) is 0 Å². The quantitative estimate of drug-likeness (QED) is 0.652. The lowest BCUT2D eigenvalue weighted by Crippen LogP contribution is -2.32. The van der Waals surface area contributed by atoms with E-state index in [9.17, 15) is 9.90 Å². The fourth-order valence-electron chi connectivity index (χ4n) is 2.41. The molecule has 0 aromatic heterocycles. The van der Waals surface area contributed by atoms with Crippen molar-refractivity contribution in [3.8, 4) is 11.5 Å². The summed E-state index contributed by atoms with van der Waals surface area (Å²) in [4.78, 5) is 11.6. The lowest BCUT2D eigenvalue weighted by Gasteiger charge is -2.29. The Bertz CT molecular complexity index is 777. The van der Waals surface area contributed by atoms with Crippen molar-refractivity contribution in [2.24, 2.45) is 0 Å². The molecule has 0 bridgehead atoms. The first-order valence-corrected chi connectivity index (χ1v) is 6.52. The molecular formula is C16H13BO4. The van der Waals surface area contributed by atoms with Crippen LogP contribution in [0.25, 0.3) is 16.8 Å². The van der Waals surface area contributed by atoms with Crippen molar-refractivity contribution in [2.75, 3.05) is 6.61 Å². The van der Waals surface area contributed by atoms with E-state index in [-0.39, 0.29) is 11.3 Å². The molecule has 2 radical (unpaired) electrons. The second-order valence-corrected chi connectivity index (χ2v) is 5.27. The van der Waals surface area contributed by atoms with Gasteiger partial charge in [0.15, 0.2) is 5.78 Å². The summed E-state index contributed by atoms with van der Waals surface area (Å²) in [5.74, 6) is -0.151. The standard InChI is InChI=1S/C16H13BO4/c1-16(17)5-4-9-2-3-10-6-12(14(20)8-18)13(19)7-11(10)15(9)21-16/h2-7,18-19H,8H2,1H3. The molecule has 2 aromatic rings. The molecule has 2 N–H and O–H groups in total. The van der Waals surface area contributed by atoms with E-state index in [0.29, 0.717) is 11.1 Å². The number of aliphatic hydroxyl groups is 1. The van der Waals surface area contributed by atoms with Crippen LogP contribution >= 0.6 is 0 Å². The van der Waals surface area contributed by atoms with E-state index in [1.165, 1.54) is 6.07 Å². The molecule has 1 atom stereocenters. The number of ketones is 1. The minimum Gasteiger partial charge on any atom is -0.507 e. The van der Waals surface area contributed by atoms with Gasteiger partial charge in [-0.15, -0.1) is 0 Å². The summed E-state index contributed by atoms with van der Waals surface area (Å²) in [6.45, 7) is 1.08. The van der Waals surface area contributed by atoms with Crippen LogP contribution in [0.4, 0.5) is 0 Å². The molecule has 1 unspecified atom stereocenters. The van der Waals surface area contributed by atoms with Gasteiger partial charge in [0.1, 0.15) is 26.0 Å². The van der Waals surface area contributed by atoms with E-state index >= 15 is 0 Å². The third kappa shape index (κ3) is 2.30. The Balaban J connectivity index is 2.25. The van der Waals surface area contributed by atoms with Crippen LogP contribution in [0.1, 0.15) is 22.8 Å². The van der Waals surface area contributed by atoms with Gasteiger partial charge in [0.2, 0.25) is 0 Å². The molecule has 0 spiro atoms. The van der Waals surface area contributed by atoms with Crippen LogP contribution in [-0.4, -0.2) is 35.9 Å². The molecular weight excluding hydrogens is 267 g/mol. The van der Waals surface area contributed by atoms with Gasteiger partial charge in [0.25, 0.3) is 0 Å². The van der Waals surface area contributed by atoms with Crippen LogP contribution in [0.15, 0.2) is 30.3 Å². The van der Waals surface area contributed by atoms with Crippen molar-refractivity contribution < 1.29 is 19.7 Å². The number of Topliss-reactive ketones (excluding diaryl/α,β-unsaturated/α-hetero) is 1. The van der Waals surface area contributed by atoms with Gasteiger partial charge in [-0.05, 0) is 24.4 Å². The highest BCUT2D eigenvalue weighted by atomic mass is 16.5. The van der Waals surface area contributed by atoms with Crippen LogP contribution in [0.5, 0.6) is 11.5 Å². The van der Waals surface area contributed by atoms with Gasteiger partial charge >= 0.3 is 0 Å². The molecule has 104 valence electrons. The first-order valence-electron chi connectivity index (χ1n) is 6.52. The van der Waals surface area contributed by atoms with E-state index in [1.807, 2.05) is 18.2 Å². The fourth-order valence-corrected chi connectivity index (χ4v) is 2.41. The third-order valence-corrected chi connectivity index (χ3v) is 3.48. The first-order chi connectivity index (χ1) is 9.91. The molecule has 0 saturated carbocycles. The third-order valence-electron chi connectivity index (χ3n) is 3.48. The Hall–Kier alpha value is -2.27. The second kappa shape index (κ2) is 4.64. The lowest BCUT2D eigenvalue weighted by atomic mass is 9.81.